The zero-order chi connectivity index (χ0) is 13.7. The topological polar surface area (TPSA) is 111 Å². The number of ether oxygens (including phenoxy) is 1. The first-order chi connectivity index (χ1) is 8.45. The lowest BCUT2D eigenvalue weighted by molar-refractivity contribution is -0.384. The number of carboxylic acid groups (broad SMARTS) is 1. The fourth-order valence-electron chi connectivity index (χ4n) is 1.44. The highest BCUT2D eigenvalue weighted by atomic mass is 16.6. The maximum absolute atomic E-state index is 10.8. The van der Waals surface area contributed by atoms with Crippen LogP contribution >= 0.6 is 0 Å². The van der Waals surface area contributed by atoms with Gasteiger partial charge in [-0.1, -0.05) is 0 Å². The Labute approximate surface area is 103 Å². The standard InChI is InChI=1S/C9H14N4O5/c1-11-5-7(13(16)17)9(10-11)12(3-4-18-2)6-8(14)15/h5H,3-4,6H2,1-2H3,(H,14,15). The minimum atomic E-state index is -1.09. The molecule has 0 saturated heterocycles. The first-order valence-electron chi connectivity index (χ1n) is 5.09. The summed E-state index contributed by atoms with van der Waals surface area (Å²) in [6, 6.07) is 0. The minimum absolute atomic E-state index is 0.0296. The van der Waals surface area contributed by atoms with Gasteiger partial charge in [-0.15, -0.1) is 5.10 Å². The van der Waals surface area contributed by atoms with Crippen molar-refractivity contribution in [1.82, 2.24) is 9.78 Å². The van der Waals surface area contributed by atoms with Gasteiger partial charge in [0.25, 0.3) is 0 Å². The maximum atomic E-state index is 10.8. The number of anilines is 1. The molecule has 0 unspecified atom stereocenters. The van der Waals surface area contributed by atoms with E-state index in [9.17, 15) is 14.9 Å². The van der Waals surface area contributed by atoms with Crippen molar-refractivity contribution in [3.05, 3.63) is 16.3 Å². The van der Waals surface area contributed by atoms with Crippen LogP contribution in [0.4, 0.5) is 11.5 Å². The van der Waals surface area contributed by atoms with Gasteiger partial charge < -0.3 is 14.7 Å². The molecular formula is C9H14N4O5. The van der Waals surface area contributed by atoms with Gasteiger partial charge in [0.2, 0.25) is 5.82 Å². The molecule has 0 saturated carbocycles. The lowest BCUT2D eigenvalue weighted by Gasteiger charge is -2.18. The number of aromatic nitrogens is 2. The number of nitrogens with zero attached hydrogens (tertiary/aromatic N) is 4. The summed E-state index contributed by atoms with van der Waals surface area (Å²) in [5.74, 6) is -1.06. The summed E-state index contributed by atoms with van der Waals surface area (Å²) in [4.78, 5) is 22.3. The molecule has 0 aliphatic rings. The van der Waals surface area contributed by atoms with Gasteiger partial charge in [0, 0.05) is 20.7 Å². The molecule has 0 aromatic carbocycles. The molecule has 9 heteroatoms. The molecule has 0 radical (unpaired) electrons. The molecule has 0 spiro atoms. The summed E-state index contributed by atoms with van der Waals surface area (Å²) in [6.07, 6.45) is 1.23. The van der Waals surface area contributed by atoms with Crippen molar-refractivity contribution < 1.29 is 19.6 Å². The number of rotatable bonds is 7. The monoisotopic (exact) mass is 258 g/mol. The molecule has 1 aromatic heterocycles. The van der Waals surface area contributed by atoms with Crippen LogP contribution in [0.5, 0.6) is 0 Å². The van der Waals surface area contributed by atoms with E-state index in [1.165, 1.54) is 29.9 Å². The zero-order valence-electron chi connectivity index (χ0n) is 10.1. The highest BCUT2D eigenvalue weighted by Crippen LogP contribution is 2.25. The van der Waals surface area contributed by atoms with E-state index in [4.69, 9.17) is 9.84 Å². The molecule has 0 fully saturated rings. The highest BCUT2D eigenvalue weighted by molar-refractivity contribution is 5.74. The van der Waals surface area contributed by atoms with Gasteiger partial charge in [0.15, 0.2) is 0 Å². The van der Waals surface area contributed by atoms with Gasteiger partial charge in [0.1, 0.15) is 12.7 Å². The third-order valence-corrected chi connectivity index (χ3v) is 2.18. The molecule has 0 aliphatic carbocycles. The van der Waals surface area contributed by atoms with Crippen molar-refractivity contribution in [3.8, 4) is 0 Å². The van der Waals surface area contributed by atoms with Crippen molar-refractivity contribution in [2.24, 2.45) is 7.05 Å². The fraction of sp³-hybridized carbons (Fsp3) is 0.556. The summed E-state index contributed by atoms with van der Waals surface area (Å²) >= 11 is 0. The second kappa shape index (κ2) is 5.96. The molecule has 0 bridgehead atoms. The predicted octanol–water partition coefficient (Wildman–Crippen LogP) is -0.134. The maximum Gasteiger partial charge on any atom is 0.330 e. The van der Waals surface area contributed by atoms with Crippen LogP contribution < -0.4 is 4.90 Å². The molecule has 0 atom stereocenters. The number of nitro groups is 1. The number of methoxy groups -OCH3 is 1. The number of aryl methyl sites for hydroxylation is 1. The SMILES string of the molecule is COCCN(CC(=O)O)c1nn(C)cc1[N+](=O)[O-]. The quantitative estimate of drug-likeness (QED) is 0.535. The Kier molecular flexibility index (Phi) is 4.60. The van der Waals surface area contributed by atoms with E-state index in [1.54, 1.807) is 0 Å². The van der Waals surface area contributed by atoms with Crippen LogP contribution in [-0.2, 0) is 16.6 Å². The first-order valence-corrected chi connectivity index (χ1v) is 5.09. The van der Waals surface area contributed by atoms with Crippen LogP contribution in [0.1, 0.15) is 0 Å². The largest absolute Gasteiger partial charge is 0.480 e. The molecule has 100 valence electrons. The second-order valence-corrected chi connectivity index (χ2v) is 3.58. The van der Waals surface area contributed by atoms with Gasteiger partial charge >= 0.3 is 11.7 Å². The lowest BCUT2D eigenvalue weighted by atomic mass is 10.4. The number of aliphatic carboxylic acids is 1. The van der Waals surface area contributed by atoms with Crippen molar-refractivity contribution in [3.63, 3.8) is 0 Å². The Morgan fingerprint density at radius 3 is 2.89 bits per heavy atom. The Balaban J connectivity index is 3.02. The van der Waals surface area contributed by atoms with Crippen LogP contribution in [0.15, 0.2) is 6.20 Å². The van der Waals surface area contributed by atoms with E-state index in [2.05, 4.69) is 5.10 Å². The van der Waals surface area contributed by atoms with Gasteiger partial charge in [-0.25, -0.2) is 0 Å². The van der Waals surface area contributed by atoms with Crippen LogP contribution in [0.25, 0.3) is 0 Å². The third kappa shape index (κ3) is 3.42. The van der Waals surface area contributed by atoms with Crippen LogP contribution in [0, 0.1) is 10.1 Å². The van der Waals surface area contributed by atoms with Crippen LogP contribution in [0.2, 0.25) is 0 Å². The smallest absolute Gasteiger partial charge is 0.330 e. The molecule has 0 aliphatic heterocycles. The third-order valence-electron chi connectivity index (χ3n) is 2.18. The van der Waals surface area contributed by atoms with Crippen LogP contribution in [0.3, 0.4) is 0 Å². The average molecular weight is 258 g/mol. The van der Waals surface area contributed by atoms with E-state index in [0.29, 0.717) is 0 Å². The van der Waals surface area contributed by atoms with E-state index in [1.807, 2.05) is 0 Å². The summed E-state index contributed by atoms with van der Waals surface area (Å²) in [7, 11) is 3.00. The van der Waals surface area contributed by atoms with Crippen molar-refractivity contribution >= 4 is 17.5 Å². The summed E-state index contributed by atoms with van der Waals surface area (Å²) in [5.41, 5.74) is -0.227. The number of hydrogen-bond donors (Lipinski definition) is 1. The number of hydrogen-bond acceptors (Lipinski definition) is 6. The van der Waals surface area contributed by atoms with Crippen molar-refractivity contribution in [2.45, 2.75) is 0 Å². The molecule has 1 heterocycles. The molecule has 18 heavy (non-hydrogen) atoms. The number of carboxylic acids is 1. The van der Waals surface area contributed by atoms with E-state index in [0.717, 1.165) is 0 Å². The fourth-order valence-corrected chi connectivity index (χ4v) is 1.44. The molecule has 1 aromatic rings. The summed E-state index contributed by atoms with van der Waals surface area (Å²) in [5, 5.41) is 23.6. The molecule has 1 N–H and O–H groups in total. The van der Waals surface area contributed by atoms with Gasteiger partial charge in [-0.2, -0.15) is 0 Å². The zero-order valence-corrected chi connectivity index (χ0v) is 10.1. The second-order valence-electron chi connectivity index (χ2n) is 3.58. The summed E-state index contributed by atoms with van der Waals surface area (Å²) < 4.78 is 6.12. The lowest BCUT2D eigenvalue weighted by Crippen LogP contribution is -2.33. The van der Waals surface area contributed by atoms with Crippen LogP contribution in [-0.4, -0.2) is 52.6 Å². The molecule has 1 rings (SSSR count). The molecule has 9 nitrogen and oxygen atoms in total. The predicted molar refractivity (Wildman–Crippen MR) is 61.6 cm³/mol. The van der Waals surface area contributed by atoms with E-state index >= 15 is 0 Å². The van der Waals surface area contributed by atoms with Crippen molar-refractivity contribution in [1.29, 1.82) is 0 Å². The highest BCUT2D eigenvalue weighted by Gasteiger charge is 2.25. The minimum Gasteiger partial charge on any atom is -0.480 e. The average Bonchev–Trinajstić information content (AvgIpc) is 2.66. The van der Waals surface area contributed by atoms with Gasteiger partial charge in [-0.05, 0) is 0 Å². The van der Waals surface area contributed by atoms with E-state index < -0.39 is 10.9 Å². The van der Waals surface area contributed by atoms with Gasteiger partial charge in [-0.3, -0.25) is 19.6 Å². The first kappa shape index (κ1) is 13.9. The molecular weight excluding hydrogens is 244 g/mol. The Hall–Kier alpha value is -2.16. The Morgan fingerprint density at radius 1 is 1.72 bits per heavy atom. The van der Waals surface area contributed by atoms with E-state index in [-0.39, 0.29) is 31.2 Å². The molecule has 0 amide bonds. The number of carbonyl (C=O) groups is 1. The Morgan fingerprint density at radius 2 is 2.39 bits per heavy atom. The normalized spacial score (nSPS) is 10.3. The van der Waals surface area contributed by atoms with Crippen molar-refractivity contribution in [2.75, 3.05) is 31.7 Å². The Bertz CT molecular complexity index is 444. The van der Waals surface area contributed by atoms with Gasteiger partial charge in [0.05, 0.1) is 11.5 Å². The summed E-state index contributed by atoms with van der Waals surface area (Å²) in [6.45, 7) is 0.0862.